The molecule has 0 saturated carbocycles. The van der Waals surface area contributed by atoms with Gasteiger partial charge in [0.25, 0.3) is 0 Å². The minimum Gasteiger partial charge on any atom is -0.748 e. The summed E-state index contributed by atoms with van der Waals surface area (Å²) >= 11 is 0. The van der Waals surface area contributed by atoms with Crippen molar-refractivity contribution in [2.45, 2.75) is 65.4 Å². The number of halogens is 23. The van der Waals surface area contributed by atoms with Crippen LogP contribution in [0.5, 0.6) is 0 Å². The molecule has 0 amide bonds. The SMILES string of the molecule is O=S(=O)([O-])CC(F)(F)C(F)(F)C(F)(F)C(F)(F)C(F)(F)C(F)(F)C(F)(F)C(F)(F)C(F)(F)C(F)(F)C(F)(F)F.[K+]. The smallest absolute Gasteiger partial charge is 0.748 e. The fourth-order valence-electron chi connectivity index (χ4n) is 2.10. The number of rotatable bonds is 11. The monoisotopic (exact) mass is 702 g/mol. The maximum Gasteiger partial charge on any atom is 1.00 e. The third kappa shape index (κ3) is 5.62. The molecule has 0 rings (SSSR count). The molecule has 0 spiro atoms. The maximum absolute atomic E-state index is 13.5. The van der Waals surface area contributed by atoms with E-state index in [0.717, 1.165) is 0 Å². The minimum atomic E-state index is -9.54. The molecular weight excluding hydrogens is 700 g/mol. The van der Waals surface area contributed by atoms with Crippen molar-refractivity contribution < 1.29 is 165 Å². The molecule has 0 aliphatic heterocycles. The van der Waals surface area contributed by atoms with Gasteiger partial charge in [0.15, 0.2) is 0 Å². The minimum absolute atomic E-state index is 0. The van der Waals surface area contributed by atoms with Crippen molar-refractivity contribution in [3.8, 4) is 0 Å². The van der Waals surface area contributed by atoms with E-state index in [0.29, 0.717) is 0 Å². The summed E-state index contributed by atoms with van der Waals surface area (Å²) in [5.74, 6) is -94.3. The summed E-state index contributed by atoms with van der Waals surface area (Å²) in [6.07, 6.45) is -8.15. The van der Waals surface area contributed by atoms with Gasteiger partial charge < -0.3 is 4.55 Å². The molecule has 0 atom stereocenters. The van der Waals surface area contributed by atoms with E-state index in [1.54, 1.807) is 0 Å². The summed E-state index contributed by atoms with van der Waals surface area (Å²) < 4.78 is 331. The van der Waals surface area contributed by atoms with E-state index in [4.69, 9.17) is 0 Å². The van der Waals surface area contributed by atoms with Gasteiger partial charge in [0, 0.05) is 0 Å². The van der Waals surface area contributed by atoms with Gasteiger partial charge >= 0.3 is 117 Å². The van der Waals surface area contributed by atoms with Gasteiger partial charge in [0.1, 0.15) is 15.9 Å². The van der Waals surface area contributed by atoms with E-state index in [-0.39, 0.29) is 51.4 Å². The van der Waals surface area contributed by atoms with E-state index >= 15 is 0 Å². The van der Waals surface area contributed by atoms with E-state index in [1.807, 2.05) is 0 Å². The third-order valence-electron chi connectivity index (χ3n) is 4.33. The zero-order valence-corrected chi connectivity index (χ0v) is 21.5. The summed E-state index contributed by atoms with van der Waals surface area (Å²) in [4.78, 5) is 0. The van der Waals surface area contributed by atoms with Crippen molar-refractivity contribution in [1.29, 1.82) is 0 Å². The summed E-state index contributed by atoms with van der Waals surface area (Å²) in [6.45, 7) is 0. The molecule has 40 heavy (non-hydrogen) atoms. The van der Waals surface area contributed by atoms with Crippen molar-refractivity contribution in [1.82, 2.24) is 0 Å². The van der Waals surface area contributed by atoms with Crippen LogP contribution in [-0.2, 0) is 10.1 Å². The largest absolute Gasteiger partial charge is 1.00 e. The number of hydrogen-bond donors (Lipinski definition) is 0. The van der Waals surface area contributed by atoms with Gasteiger partial charge in [-0.05, 0) is 0 Å². The van der Waals surface area contributed by atoms with Crippen molar-refractivity contribution in [3.05, 3.63) is 0 Å². The summed E-state index contributed by atoms with van der Waals surface area (Å²) in [7, 11) is -6.98. The molecule has 0 aromatic rings. The first-order valence-corrected chi connectivity index (χ1v) is 9.57. The molecule has 0 heterocycles. The molecule has 0 unspecified atom stereocenters. The van der Waals surface area contributed by atoms with Gasteiger partial charge in [0.2, 0.25) is 0 Å². The molecule has 0 radical (unpaired) electrons. The Kier molecular flexibility index (Phi) is 11.1. The van der Waals surface area contributed by atoms with Gasteiger partial charge in [0.05, 0.1) is 0 Å². The average molecular weight is 702 g/mol. The Hall–Kier alpha value is -0.0636. The van der Waals surface area contributed by atoms with E-state index < -0.39 is 81.3 Å². The fourth-order valence-corrected chi connectivity index (χ4v) is 2.73. The second kappa shape index (κ2) is 10.5. The molecule has 0 aliphatic rings. The standard InChI is InChI=1S/C12H3F23O3S.K/c13-2(14,1-39(36,37)38)3(15,16)4(17,18)5(19,20)6(21,22)7(23,24)8(25,26)9(27,28)10(29,30)11(31,32)12(33,34)35;/h1H2,(H,36,37,38);/q;+1/p-1. The van der Waals surface area contributed by atoms with Crippen LogP contribution < -0.4 is 51.4 Å². The Balaban J connectivity index is 0. The zero-order chi connectivity index (χ0) is 32.7. The molecule has 0 aromatic heterocycles. The molecule has 0 aliphatic carbocycles. The van der Waals surface area contributed by atoms with Gasteiger partial charge in [-0.25, -0.2) is 8.42 Å². The molecular formula is C12H2F23KO3S. The predicted molar refractivity (Wildman–Crippen MR) is 70.1 cm³/mol. The predicted octanol–water partition coefficient (Wildman–Crippen LogP) is 3.45. The Labute approximate surface area is 245 Å². The van der Waals surface area contributed by atoms with E-state index in [2.05, 4.69) is 0 Å². The van der Waals surface area contributed by atoms with Crippen LogP contribution in [0.2, 0.25) is 0 Å². The Morgan fingerprint density at radius 3 is 0.725 bits per heavy atom. The van der Waals surface area contributed by atoms with Crippen LogP contribution in [0.3, 0.4) is 0 Å². The van der Waals surface area contributed by atoms with Crippen LogP contribution in [0.25, 0.3) is 0 Å². The van der Waals surface area contributed by atoms with Crippen molar-refractivity contribution >= 4 is 10.1 Å². The number of alkyl halides is 23. The molecule has 0 saturated heterocycles. The summed E-state index contributed by atoms with van der Waals surface area (Å²) in [5.41, 5.74) is 0. The van der Waals surface area contributed by atoms with Crippen LogP contribution in [-0.4, -0.2) is 84.1 Å². The molecule has 0 fully saturated rings. The maximum atomic E-state index is 13.5. The van der Waals surface area contributed by atoms with Crippen LogP contribution in [0.15, 0.2) is 0 Å². The van der Waals surface area contributed by atoms with Gasteiger partial charge in [-0.3, -0.25) is 0 Å². The Morgan fingerprint density at radius 2 is 0.550 bits per heavy atom. The first-order valence-electron chi connectivity index (χ1n) is 7.99. The molecule has 3 nitrogen and oxygen atoms in total. The van der Waals surface area contributed by atoms with Crippen molar-refractivity contribution in [2.24, 2.45) is 0 Å². The van der Waals surface area contributed by atoms with Gasteiger partial charge in [-0.15, -0.1) is 0 Å². The Morgan fingerprint density at radius 1 is 0.375 bits per heavy atom. The summed E-state index contributed by atoms with van der Waals surface area (Å²) in [5, 5.41) is 0. The first kappa shape index (κ1) is 42.1. The zero-order valence-electron chi connectivity index (χ0n) is 17.5. The molecule has 0 aromatic carbocycles. The molecule has 28 heteroatoms. The number of hydrogen-bond acceptors (Lipinski definition) is 3. The first-order chi connectivity index (χ1) is 16.2. The van der Waals surface area contributed by atoms with Crippen molar-refractivity contribution in [3.63, 3.8) is 0 Å². The van der Waals surface area contributed by atoms with Crippen LogP contribution in [0.1, 0.15) is 0 Å². The Bertz CT molecular complexity index is 1030. The molecule has 0 bridgehead atoms. The van der Waals surface area contributed by atoms with Crippen LogP contribution >= 0.6 is 0 Å². The normalized spacial score (nSPS) is 16.6. The fraction of sp³-hybridized carbons (Fsp3) is 1.00. The quantitative estimate of drug-likeness (QED) is 0.189. The van der Waals surface area contributed by atoms with Gasteiger partial charge in [-0.1, -0.05) is 0 Å². The second-order valence-electron chi connectivity index (χ2n) is 7.07. The molecule has 0 N–H and O–H groups in total. The van der Waals surface area contributed by atoms with E-state index in [9.17, 15) is 114 Å². The molecule has 236 valence electrons. The van der Waals surface area contributed by atoms with E-state index in [1.165, 1.54) is 0 Å². The topological polar surface area (TPSA) is 57.2 Å². The second-order valence-corrected chi connectivity index (χ2v) is 8.48. The summed E-state index contributed by atoms with van der Waals surface area (Å²) in [6, 6.07) is 0. The van der Waals surface area contributed by atoms with Gasteiger partial charge in [-0.2, -0.15) is 101 Å². The van der Waals surface area contributed by atoms with Crippen molar-refractivity contribution in [2.75, 3.05) is 5.75 Å². The third-order valence-corrected chi connectivity index (χ3v) is 5.04. The average Bonchev–Trinajstić information content (AvgIpc) is 2.63. The van der Waals surface area contributed by atoms with Crippen LogP contribution in [0, 0.1) is 0 Å². The van der Waals surface area contributed by atoms with Crippen LogP contribution in [0.4, 0.5) is 101 Å².